The van der Waals surface area contributed by atoms with Gasteiger partial charge in [-0.3, -0.25) is 4.79 Å². The summed E-state index contributed by atoms with van der Waals surface area (Å²) in [5.41, 5.74) is 0. The number of nitrogens with one attached hydrogen (secondary N) is 1. The summed E-state index contributed by atoms with van der Waals surface area (Å²) in [7, 11) is 0. The van der Waals surface area contributed by atoms with Gasteiger partial charge in [0, 0.05) is 6.42 Å². The van der Waals surface area contributed by atoms with E-state index < -0.39 is 49.5 Å². The van der Waals surface area contributed by atoms with Gasteiger partial charge in [0.05, 0.1) is 25.4 Å². The lowest BCUT2D eigenvalue weighted by Gasteiger charge is -2.40. The molecule has 0 radical (unpaired) electrons. The molecule has 0 aliphatic carbocycles. The number of hydrogen-bond acceptors (Lipinski definition) is 8. The van der Waals surface area contributed by atoms with Crippen molar-refractivity contribution in [2.24, 2.45) is 0 Å². The minimum atomic E-state index is -1.54. The molecule has 0 spiro atoms. The van der Waals surface area contributed by atoms with Gasteiger partial charge in [-0.2, -0.15) is 0 Å². The fourth-order valence-corrected chi connectivity index (χ4v) is 7.49. The summed E-state index contributed by atoms with van der Waals surface area (Å²) in [6, 6.07) is -0.708. The van der Waals surface area contributed by atoms with Crippen LogP contribution in [0, 0.1) is 0 Å². The lowest BCUT2D eigenvalue weighted by molar-refractivity contribution is -0.302. The molecule has 0 aromatic rings. The molecule has 0 saturated carbocycles. The second-order valence-electron chi connectivity index (χ2n) is 16.2. The van der Waals surface area contributed by atoms with Crippen molar-refractivity contribution in [3.05, 3.63) is 0 Å². The highest BCUT2D eigenvalue weighted by Gasteiger charge is 2.44. The molecule has 1 heterocycles. The molecule has 1 fully saturated rings. The first-order valence-electron chi connectivity index (χ1n) is 22.7. The Kier molecular flexibility index (Phi) is 33.7. The number of ether oxygens (including phenoxy) is 2. The van der Waals surface area contributed by atoms with Gasteiger partial charge >= 0.3 is 0 Å². The lowest BCUT2D eigenvalue weighted by atomic mass is 9.99. The zero-order valence-corrected chi connectivity index (χ0v) is 34.5. The number of unbranched alkanes of at least 4 members (excludes halogenated alkanes) is 28. The third-order valence-corrected chi connectivity index (χ3v) is 11.2. The maximum Gasteiger partial charge on any atom is 0.220 e. The van der Waals surface area contributed by atoms with Gasteiger partial charge in [-0.15, -0.1) is 0 Å². The molecule has 7 unspecified atom stereocenters. The normalized spacial score (nSPS) is 21.5. The van der Waals surface area contributed by atoms with E-state index in [0.29, 0.717) is 12.8 Å². The maximum absolute atomic E-state index is 12.5. The van der Waals surface area contributed by atoms with Crippen LogP contribution in [-0.2, 0) is 14.3 Å². The van der Waals surface area contributed by atoms with E-state index in [1.54, 1.807) is 0 Å². The van der Waals surface area contributed by atoms with Crippen LogP contribution in [0.4, 0.5) is 0 Å². The summed E-state index contributed by atoms with van der Waals surface area (Å²) in [4.78, 5) is 12.5. The molecule has 0 aromatic carbocycles. The van der Waals surface area contributed by atoms with Gasteiger partial charge < -0.3 is 40.3 Å². The van der Waals surface area contributed by atoms with E-state index in [9.17, 15) is 30.3 Å². The third kappa shape index (κ3) is 26.6. The van der Waals surface area contributed by atoms with Crippen molar-refractivity contribution in [3.8, 4) is 0 Å². The highest BCUT2D eigenvalue weighted by Crippen LogP contribution is 2.23. The largest absolute Gasteiger partial charge is 0.394 e. The molecule has 7 atom stereocenters. The monoisotopic (exact) mass is 758 g/mol. The highest BCUT2D eigenvalue weighted by molar-refractivity contribution is 5.76. The van der Waals surface area contributed by atoms with Crippen molar-refractivity contribution < 1.29 is 39.8 Å². The summed E-state index contributed by atoms with van der Waals surface area (Å²) in [6.45, 7) is 3.61. The molecule has 53 heavy (non-hydrogen) atoms. The van der Waals surface area contributed by atoms with Gasteiger partial charge in [-0.1, -0.05) is 200 Å². The molecule has 1 rings (SSSR count). The van der Waals surface area contributed by atoms with Crippen LogP contribution in [0.5, 0.6) is 0 Å². The Hall–Kier alpha value is -0.810. The predicted octanol–water partition coefficient (Wildman–Crippen LogP) is 9.17. The number of hydrogen-bond donors (Lipinski definition) is 6. The number of aliphatic hydroxyl groups excluding tert-OH is 5. The zero-order valence-electron chi connectivity index (χ0n) is 34.5. The lowest BCUT2D eigenvalue weighted by Crippen LogP contribution is -2.60. The van der Waals surface area contributed by atoms with Gasteiger partial charge in [0.25, 0.3) is 0 Å². The third-order valence-electron chi connectivity index (χ3n) is 11.2. The Morgan fingerprint density at radius 3 is 1.32 bits per heavy atom. The minimum absolute atomic E-state index is 0.138. The molecule has 0 aromatic heterocycles. The van der Waals surface area contributed by atoms with E-state index in [4.69, 9.17) is 9.47 Å². The zero-order chi connectivity index (χ0) is 38.8. The Bertz CT molecular complexity index is 801. The van der Waals surface area contributed by atoms with Crippen LogP contribution in [0.15, 0.2) is 0 Å². The summed E-state index contributed by atoms with van der Waals surface area (Å²) < 4.78 is 11.1. The second-order valence-corrected chi connectivity index (χ2v) is 16.2. The molecule has 316 valence electrons. The quantitative estimate of drug-likeness (QED) is 0.0342. The summed E-state index contributed by atoms with van der Waals surface area (Å²) >= 11 is 0. The maximum atomic E-state index is 12.5. The van der Waals surface area contributed by atoms with Crippen molar-refractivity contribution in [1.29, 1.82) is 0 Å². The number of carbonyl (C=O) groups excluding carboxylic acids is 1. The molecule has 1 aliphatic rings. The first-order chi connectivity index (χ1) is 25.8. The highest BCUT2D eigenvalue weighted by atomic mass is 16.7. The number of rotatable bonds is 38. The average molecular weight is 758 g/mol. The summed E-state index contributed by atoms with van der Waals surface area (Å²) in [6.07, 6.45) is 32.6. The minimum Gasteiger partial charge on any atom is -0.394 e. The van der Waals surface area contributed by atoms with Gasteiger partial charge in [-0.05, 0) is 12.8 Å². The van der Waals surface area contributed by atoms with Crippen LogP contribution in [-0.4, -0.2) is 87.5 Å². The Labute approximate surface area is 325 Å². The summed E-state index contributed by atoms with van der Waals surface area (Å²) in [5, 5.41) is 53.6. The van der Waals surface area contributed by atoms with Crippen LogP contribution in [0.3, 0.4) is 0 Å². The van der Waals surface area contributed by atoms with E-state index in [1.807, 2.05) is 6.92 Å². The van der Waals surface area contributed by atoms with Gasteiger partial charge in [0.15, 0.2) is 6.29 Å². The number of aliphatic hydroxyl groups is 5. The predicted molar refractivity (Wildman–Crippen MR) is 217 cm³/mol. The molecule has 1 saturated heterocycles. The van der Waals surface area contributed by atoms with Crippen LogP contribution in [0.25, 0.3) is 0 Å². The second kappa shape index (κ2) is 35.6. The van der Waals surface area contributed by atoms with Crippen molar-refractivity contribution in [3.63, 3.8) is 0 Å². The fourth-order valence-electron chi connectivity index (χ4n) is 7.49. The van der Waals surface area contributed by atoms with Gasteiger partial charge in [0.2, 0.25) is 5.91 Å². The molecule has 1 aliphatic heterocycles. The molecular weight excluding hydrogens is 670 g/mol. The average Bonchev–Trinajstić information content (AvgIpc) is 3.16. The topological polar surface area (TPSA) is 149 Å². The van der Waals surface area contributed by atoms with E-state index in [1.165, 1.54) is 161 Å². The van der Waals surface area contributed by atoms with Gasteiger partial charge in [0.1, 0.15) is 24.4 Å². The van der Waals surface area contributed by atoms with Crippen LogP contribution < -0.4 is 5.32 Å². The molecule has 6 N–H and O–H groups in total. The van der Waals surface area contributed by atoms with Gasteiger partial charge in [-0.25, -0.2) is 0 Å². The molecule has 9 nitrogen and oxygen atoms in total. The Morgan fingerprint density at radius 1 is 0.566 bits per heavy atom. The number of amides is 1. The van der Waals surface area contributed by atoms with E-state index in [-0.39, 0.29) is 12.5 Å². The van der Waals surface area contributed by atoms with Crippen molar-refractivity contribution in [1.82, 2.24) is 5.32 Å². The summed E-state index contributed by atoms with van der Waals surface area (Å²) in [5.74, 6) is -0.177. The standard InChI is InChI=1S/C44H87NO8/c1-3-5-7-8-9-10-11-12-13-14-15-16-17-18-19-20-21-22-23-24-25-26-27-28-29-30-31-32-33-38(47)37(45-40(48)34-6-4-2)36-52-44-43(51)42(50)41(49)39(35-46)53-44/h37-39,41-44,46-47,49-51H,3-36H2,1-2H3,(H,45,48). The van der Waals surface area contributed by atoms with Crippen LogP contribution >= 0.6 is 0 Å². The van der Waals surface area contributed by atoms with Crippen molar-refractivity contribution in [2.45, 2.75) is 262 Å². The Morgan fingerprint density at radius 2 is 0.943 bits per heavy atom. The van der Waals surface area contributed by atoms with E-state index in [0.717, 1.165) is 32.1 Å². The number of carbonyl (C=O) groups is 1. The molecule has 0 bridgehead atoms. The Balaban J connectivity index is 2.00. The van der Waals surface area contributed by atoms with Crippen LogP contribution in [0.2, 0.25) is 0 Å². The van der Waals surface area contributed by atoms with Crippen molar-refractivity contribution >= 4 is 5.91 Å². The van der Waals surface area contributed by atoms with E-state index in [2.05, 4.69) is 12.2 Å². The first kappa shape index (κ1) is 50.2. The molecule has 1 amide bonds. The van der Waals surface area contributed by atoms with E-state index >= 15 is 0 Å². The molecular formula is C44H87NO8. The fraction of sp³-hybridized carbons (Fsp3) is 0.977. The first-order valence-corrected chi connectivity index (χ1v) is 22.7. The SMILES string of the molecule is CCCCCCCCCCCCCCCCCCCCCCCCCCCCCCC(O)C(COC1OC(CO)C(O)C(O)C1O)NC(=O)CCCC. The van der Waals surface area contributed by atoms with Crippen LogP contribution in [0.1, 0.15) is 219 Å². The van der Waals surface area contributed by atoms with Crippen molar-refractivity contribution in [2.75, 3.05) is 13.2 Å². The molecule has 9 heteroatoms. The smallest absolute Gasteiger partial charge is 0.220 e.